The van der Waals surface area contributed by atoms with Gasteiger partial charge in [-0.1, -0.05) is 18.9 Å². The summed E-state index contributed by atoms with van der Waals surface area (Å²) in [5.74, 6) is -2.89. The van der Waals surface area contributed by atoms with Crippen LogP contribution in [0.3, 0.4) is 0 Å². The molecule has 2 rings (SSSR count). The van der Waals surface area contributed by atoms with E-state index in [-0.39, 0.29) is 5.56 Å². The first-order valence-corrected chi connectivity index (χ1v) is 5.01. The molecule has 0 spiro atoms. The van der Waals surface area contributed by atoms with Crippen LogP contribution in [-0.2, 0) is 5.54 Å². The molecule has 0 aromatic heterocycles. The molecule has 1 aromatic rings. The summed E-state index contributed by atoms with van der Waals surface area (Å²) in [7, 11) is 0. The Balaban J connectivity index is 2.49. The SMILES string of the molecule is NC1(c2ccc(O)c(F)c2F)CCCC1. The molecule has 1 aliphatic rings. The van der Waals surface area contributed by atoms with Crippen LogP contribution in [-0.4, -0.2) is 5.11 Å². The van der Waals surface area contributed by atoms with E-state index in [1.807, 2.05) is 0 Å². The molecule has 15 heavy (non-hydrogen) atoms. The molecule has 0 aliphatic heterocycles. The van der Waals surface area contributed by atoms with Gasteiger partial charge in [-0.2, -0.15) is 4.39 Å². The van der Waals surface area contributed by atoms with Gasteiger partial charge in [0.05, 0.1) is 0 Å². The average Bonchev–Trinajstić information content (AvgIpc) is 2.62. The lowest BCUT2D eigenvalue weighted by Gasteiger charge is -2.24. The van der Waals surface area contributed by atoms with Crippen LogP contribution in [0.4, 0.5) is 8.78 Å². The van der Waals surface area contributed by atoms with E-state index in [4.69, 9.17) is 10.8 Å². The van der Waals surface area contributed by atoms with Gasteiger partial charge in [0.2, 0.25) is 5.82 Å². The van der Waals surface area contributed by atoms with Gasteiger partial charge in [0.15, 0.2) is 11.6 Å². The number of hydrogen-bond donors (Lipinski definition) is 2. The van der Waals surface area contributed by atoms with Crippen LogP contribution in [0.5, 0.6) is 5.75 Å². The van der Waals surface area contributed by atoms with Crippen molar-refractivity contribution < 1.29 is 13.9 Å². The first-order valence-electron chi connectivity index (χ1n) is 5.01. The number of hydrogen-bond acceptors (Lipinski definition) is 2. The number of phenolic OH excluding ortho intramolecular Hbond substituents is 1. The van der Waals surface area contributed by atoms with Gasteiger partial charge in [0.25, 0.3) is 0 Å². The lowest BCUT2D eigenvalue weighted by atomic mass is 9.89. The highest BCUT2D eigenvalue weighted by molar-refractivity contribution is 5.34. The lowest BCUT2D eigenvalue weighted by molar-refractivity contribution is 0.380. The van der Waals surface area contributed by atoms with Gasteiger partial charge in [-0.25, -0.2) is 4.39 Å². The molecule has 0 unspecified atom stereocenters. The normalized spacial score (nSPS) is 19.4. The van der Waals surface area contributed by atoms with E-state index in [9.17, 15) is 8.78 Å². The van der Waals surface area contributed by atoms with Gasteiger partial charge in [0, 0.05) is 11.1 Å². The molecule has 82 valence electrons. The number of halogens is 2. The van der Waals surface area contributed by atoms with Crippen molar-refractivity contribution in [2.24, 2.45) is 5.73 Å². The van der Waals surface area contributed by atoms with Crippen molar-refractivity contribution in [2.45, 2.75) is 31.2 Å². The minimum Gasteiger partial charge on any atom is -0.505 e. The number of phenols is 1. The van der Waals surface area contributed by atoms with Crippen LogP contribution < -0.4 is 5.73 Å². The standard InChI is InChI=1S/C11H13F2NO/c12-9-7(3-4-8(15)10(9)13)11(14)5-1-2-6-11/h3-4,15H,1-2,5-6,14H2. The number of aromatic hydroxyl groups is 1. The number of benzene rings is 1. The van der Waals surface area contributed by atoms with Crippen molar-refractivity contribution in [3.63, 3.8) is 0 Å². The van der Waals surface area contributed by atoms with Gasteiger partial charge in [-0.15, -0.1) is 0 Å². The molecule has 0 saturated heterocycles. The zero-order chi connectivity index (χ0) is 11.1. The molecule has 0 radical (unpaired) electrons. The van der Waals surface area contributed by atoms with Crippen LogP contribution >= 0.6 is 0 Å². The monoisotopic (exact) mass is 213 g/mol. The molecule has 2 nitrogen and oxygen atoms in total. The van der Waals surface area contributed by atoms with Crippen LogP contribution in [0.25, 0.3) is 0 Å². The van der Waals surface area contributed by atoms with Gasteiger partial charge in [-0.05, 0) is 18.9 Å². The van der Waals surface area contributed by atoms with E-state index < -0.39 is 22.9 Å². The van der Waals surface area contributed by atoms with Crippen molar-refractivity contribution in [3.8, 4) is 5.75 Å². The largest absolute Gasteiger partial charge is 0.505 e. The van der Waals surface area contributed by atoms with Gasteiger partial charge < -0.3 is 10.8 Å². The maximum Gasteiger partial charge on any atom is 0.200 e. The van der Waals surface area contributed by atoms with Gasteiger partial charge in [-0.3, -0.25) is 0 Å². The summed E-state index contributed by atoms with van der Waals surface area (Å²) in [5.41, 5.74) is 5.42. The predicted molar refractivity (Wildman–Crippen MR) is 52.4 cm³/mol. The van der Waals surface area contributed by atoms with E-state index in [2.05, 4.69) is 0 Å². The second-order valence-corrected chi connectivity index (χ2v) is 4.12. The second kappa shape index (κ2) is 3.45. The fourth-order valence-electron chi connectivity index (χ4n) is 2.20. The highest BCUT2D eigenvalue weighted by atomic mass is 19.2. The minimum atomic E-state index is -1.20. The quantitative estimate of drug-likeness (QED) is 0.752. The topological polar surface area (TPSA) is 46.2 Å². The van der Waals surface area contributed by atoms with Crippen LogP contribution in [0.2, 0.25) is 0 Å². The molecule has 0 amide bonds. The molecule has 1 aliphatic carbocycles. The fourth-order valence-corrected chi connectivity index (χ4v) is 2.20. The Morgan fingerprint density at radius 3 is 2.33 bits per heavy atom. The molecule has 1 saturated carbocycles. The van der Waals surface area contributed by atoms with Crippen LogP contribution in [0, 0.1) is 11.6 Å². The summed E-state index contributed by atoms with van der Waals surface area (Å²) in [6.07, 6.45) is 3.18. The molecule has 3 N–H and O–H groups in total. The van der Waals surface area contributed by atoms with Crippen molar-refractivity contribution >= 4 is 0 Å². The average molecular weight is 213 g/mol. The summed E-state index contributed by atoms with van der Waals surface area (Å²) < 4.78 is 26.7. The van der Waals surface area contributed by atoms with Crippen molar-refractivity contribution in [2.75, 3.05) is 0 Å². The minimum absolute atomic E-state index is 0.176. The van der Waals surface area contributed by atoms with Crippen molar-refractivity contribution in [1.82, 2.24) is 0 Å². The van der Waals surface area contributed by atoms with Crippen LogP contribution in [0.1, 0.15) is 31.2 Å². The highest BCUT2D eigenvalue weighted by Crippen LogP contribution is 2.39. The van der Waals surface area contributed by atoms with E-state index in [0.717, 1.165) is 18.9 Å². The predicted octanol–water partition coefficient (Wildman–Crippen LogP) is 2.40. The van der Waals surface area contributed by atoms with E-state index >= 15 is 0 Å². The van der Waals surface area contributed by atoms with Crippen molar-refractivity contribution in [3.05, 3.63) is 29.3 Å². The van der Waals surface area contributed by atoms with E-state index in [0.29, 0.717) is 12.8 Å². The summed E-state index contributed by atoms with van der Waals surface area (Å²) in [6.45, 7) is 0. The first-order chi connectivity index (χ1) is 7.04. The Morgan fingerprint density at radius 1 is 1.13 bits per heavy atom. The molecule has 0 bridgehead atoms. The zero-order valence-electron chi connectivity index (χ0n) is 8.26. The Bertz CT molecular complexity index is 386. The van der Waals surface area contributed by atoms with Gasteiger partial charge >= 0.3 is 0 Å². The maximum absolute atomic E-state index is 13.5. The van der Waals surface area contributed by atoms with Crippen molar-refractivity contribution in [1.29, 1.82) is 0 Å². The zero-order valence-corrected chi connectivity index (χ0v) is 8.26. The highest BCUT2D eigenvalue weighted by Gasteiger charge is 2.34. The molecule has 0 heterocycles. The van der Waals surface area contributed by atoms with E-state index in [1.54, 1.807) is 0 Å². The van der Waals surface area contributed by atoms with Crippen LogP contribution in [0.15, 0.2) is 12.1 Å². The molecule has 4 heteroatoms. The third-order valence-electron chi connectivity index (χ3n) is 3.09. The summed E-state index contributed by atoms with van der Waals surface area (Å²) in [6, 6.07) is 2.53. The Morgan fingerprint density at radius 2 is 1.73 bits per heavy atom. The maximum atomic E-state index is 13.5. The number of nitrogens with two attached hydrogens (primary N) is 1. The smallest absolute Gasteiger partial charge is 0.200 e. The Hall–Kier alpha value is -1.16. The lowest BCUT2D eigenvalue weighted by Crippen LogP contribution is -2.34. The molecular formula is C11H13F2NO. The second-order valence-electron chi connectivity index (χ2n) is 4.12. The summed E-state index contributed by atoms with van der Waals surface area (Å²) in [5, 5.41) is 9.00. The Labute approximate surface area is 86.7 Å². The fraction of sp³-hybridized carbons (Fsp3) is 0.455. The molecular weight excluding hydrogens is 200 g/mol. The molecule has 0 atom stereocenters. The molecule has 1 aromatic carbocycles. The third kappa shape index (κ3) is 1.59. The summed E-state index contributed by atoms with van der Waals surface area (Å²) >= 11 is 0. The summed E-state index contributed by atoms with van der Waals surface area (Å²) in [4.78, 5) is 0. The Kier molecular flexibility index (Phi) is 2.38. The molecule has 1 fully saturated rings. The first kappa shape index (κ1) is 10.4. The number of rotatable bonds is 1. The third-order valence-corrected chi connectivity index (χ3v) is 3.09. The van der Waals surface area contributed by atoms with E-state index in [1.165, 1.54) is 6.07 Å². The van der Waals surface area contributed by atoms with Gasteiger partial charge in [0.1, 0.15) is 0 Å².